The number of aliphatic hydroxyl groups is 2. The summed E-state index contributed by atoms with van der Waals surface area (Å²) in [7, 11) is 0. The van der Waals surface area contributed by atoms with Crippen molar-refractivity contribution in [2.75, 3.05) is 5.75 Å². The molecule has 0 saturated heterocycles. The summed E-state index contributed by atoms with van der Waals surface area (Å²) in [6, 6.07) is 2.35. The minimum atomic E-state index is -1.43. The Hall–Kier alpha value is -2.03. The molecule has 5 aliphatic carbocycles. The van der Waals surface area contributed by atoms with Crippen molar-refractivity contribution in [2.45, 2.75) is 114 Å². The first-order chi connectivity index (χ1) is 19.6. The van der Waals surface area contributed by atoms with Crippen molar-refractivity contribution in [2.24, 2.45) is 28.6 Å². The van der Waals surface area contributed by atoms with Gasteiger partial charge in [0.25, 0.3) is 0 Å². The Morgan fingerprint density at radius 3 is 2.76 bits per heavy atom. The van der Waals surface area contributed by atoms with Crippen LogP contribution in [0.2, 0.25) is 0 Å². The summed E-state index contributed by atoms with van der Waals surface area (Å²) < 4.78 is 2.31. The number of thioether (sulfide) groups is 1. The van der Waals surface area contributed by atoms with Crippen LogP contribution in [-0.4, -0.2) is 53.2 Å². The SMILES string of the molecule is Cc1ccnc(SCC(=O)[C@@]2(O)CCC3C4CCC5=Cc6c(cnn6C6CCCCC6)CC5(C)C4[C@@H](O)CC32C)n1. The number of aromatic nitrogens is 4. The van der Waals surface area contributed by atoms with E-state index < -0.39 is 17.1 Å². The van der Waals surface area contributed by atoms with Crippen molar-refractivity contribution in [1.29, 1.82) is 0 Å². The van der Waals surface area contributed by atoms with Gasteiger partial charge in [0.05, 0.1) is 29.8 Å². The van der Waals surface area contributed by atoms with Gasteiger partial charge in [0.2, 0.25) is 0 Å². The molecular formula is C33H44N4O3S. The fourth-order valence-electron chi connectivity index (χ4n) is 10.0. The molecule has 41 heavy (non-hydrogen) atoms. The summed E-state index contributed by atoms with van der Waals surface area (Å²) in [6.45, 7) is 6.36. The number of aryl methyl sites for hydroxylation is 1. The number of allylic oxidation sites excluding steroid dienone is 1. The monoisotopic (exact) mass is 576 g/mol. The third-order valence-electron chi connectivity index (χ3n) is 12.1. The molecule has 0 spiro atoms. The number of Topliss-reactive ketones (excluding diaryl/α,β-unsaturated/α-hetero) is 1. The van der Waals surface area contributed by atoms with Crippen molar-refractivity contribution in [3.63, 3.8) is 0 Å². The van der Waals surface area contributed by atoms with Crippen LogP contribution >= 0.6 is 11.8 Å². The Balaban J connectivity index is 1.14. The first-order valence-electron chi connectivity index (χ1n) is 15.8. The predicted molar refractivity (Wildman–Crippen MR) is 159 cm³/mol. The Morgan fingerprint density at radius 1 is 1.17 bits per heavy atom. The summed E-state index contributed by atoms with van der Waals surface area (Å²) in [5, 5.41) is 29.5. The maximum atomic E-state index is 13.7. The van der Waals surface area contributed by atoms with Gasteiger partial charge in [-0.3, -0.25) is 9.48 Å². The second-order valence-electron chi connectivity index (χ2n) is 14.2. The minimum absolute atomic E-state index is 0.124. The summed E-state index contributed by atoms with van der Waals surface area (Å²) in [5.74, 6) is 0.623. The van der Waals surface area contributed by atoms with E-state index in [1.54, 1.807) is 6.20 Å². The highest BCUT2D eigenvalue weighted by Gasteiger charge is 2.68. The van der Waals surface area contributed by atoms with Crippen LogP contribution < -0.4 is 0 Å². The van der Waals surface area contributed by atoms with Crippen molar-refractivity contribution in [3.05, 3.63) is 41.0 Å². The molecule has 2 heterocycles. The minimum Gasteiger partial charge on any atom is -0.393 e. The van der Waals surface area contributed by atoms with Crippen molar-refractivity contribution >= 4 is 23.6 Å². The lowest BCUT2D eigenvalue weighted by Gasteiger charge is -2.60. The maximum Gasteiger partial charge on any atom is 0.188 e. The summed E-state index contributed by atoms with van der Waals surface area (Å²) in [4.78, 5) is 22.4. The molecule has 7 atom stereocenters. The van der Waals surface area contributed by atoms with E-state index in [9.17, 15) is 15.0 Å². The number of carbonyl (C=O) groups excluding carboxylic acids is 1. The molecule has 5 unspecified atom stereocenters. The van der Waals surface area contributed by atoms with E-state index in [2.05, 4.69) is 40.8 Å². The molecule has 0 aromatic carbocycles. The number of ketones is 1. The van der Waals surface area contributed by atoms with Crippen LogP contribution in [-0.2, 0) is 11.2 Å². The predicted octanol–water partition coefficient (Wildman–Crippen LogP) is 5.73. The van der Waals surface area contributed by atoms with Gasteiger partial charge in [0.15, 0.2) is 10.9 Å². The van der Waals surface area contributed by atoms with Gasteiger partial charge in [-0.25, -0.2) is 9.97 Å². The van der Waals surface area contributed by atoms with Crippen molar-refractivity contribution in [1.82, 2.24) is 19.7 Å². The molecule has 7 rings (SSSR count). The van der Waals surface area contributed by atoms with Gasteiger partial charge in [0, 0.05) is 17.3 Å². The molecule has 2 aromatic heterocycles. The third kappa shape index (κ3) is 4.21. The molecule has 5 aliphatic rings. The van der Waals surface area contributed by atoms with Crippen LogP contribution in [0.5, 0.6) is 0 Å². The van der Waals surface area contributed by atoms with Gasteiger partial charge in [0.1, 0.15) is 5.60 Å². The number of hydrogen-bond donors (Lipinski definition) is 2. The van der Waals surface area contributed by atoms with E-state index in [0.29, 0.717) is 24.0 Å². The van der Waals surface area contributed by atoms with E-state index in [0.717, 1.165) is 31.4 Å². The first-order valence-corrected chi connectivity index (χ1v) is 16.8. The standard InChI is InChI=1S/C33H44N4O3S/c1-20-12-14-34-30(36-20)41-19-28(39)33(40)13-11-25-24-10-9-22-15-26-21(18-35-37(26)23-7-5-4-6-8-23)16-31(22,2)29(24)27(38)17-32(25,33)3/h12,14-15,18,23-25,27,29,38,40H,4-11,13,16-17,19H2,1-3H3/t24?,25?,27-,29?,31?,32?,33-/m0/s1. The number of rotatable bonds is 5. The zero-order chi connectivity index (χ0) is 28.6. The molecule has 0 aliphatic heterocycles. The van der Waals surface area contributed by atoms with Crippen LogP contribution in [0.25, 0.3) is 6.08 Å². The number of hydrogen-bond acceptors (Lipinski definition) is 7. The Kier molecular flexibility index (Phi) is 6.79. The van der Waals surface area contributed by atoms with Crippen LogP contribution in [0.15, 0.2) is 29.2 Å². The van der Waals surface area contributed by atoms with Crippen LogP contribution in [0, 0.1) is 35.5 Å². The molecule has 0 radical (unpaired) electrons. The highest BCUT2D eigenvalue weighted by molar-refractivity contribution is 7.99. The van der Waals surface area contributed by atoms with Crippen molar-refractivity contribution < 1.29 is 15.0 Å². The fourth-order valence-corrected chi connectivity index (χ4v) is 10.9. The Labute approximate surface area is 247 Å². The summed E-state index contributed by atoms with van der Waals surface area (Å²) in [5.41, 5.74) is 2.75. The Morgan fingerprint density at radius 2 is 1.98 bits per heavy atom. The average molecular weight is 577 g/mol. The lowest BCUT2D eigenvalue weighted by Crippen LogP contribution is -2.62. The van der Waals surface area contributed by atoms with Gasteiger partial charge in [-0.05, 0) is 99.2 Å². The Bertz CT molecular complexity index is 1380. The summed E-state index contributed by atoms with van der Waals surface area (Å²) in [6.07, 6.45) is 16.7. The second kappa shape index (κ2) is 10.0. The van der Waals surface area contributed by atoms with Gasteiger partial charge < -0.3 is 10.2 Å². The molecule has 8 heteroatoms. The molecule has 0 bridgehead atoms. The maximum absolute atomic E-state index is 13.7. The normalized spacial score (nSPS) is 38.4. The smallest absolute Gasteiger partial charge is 0.188 e. The highest BCUT2D eigenvalue weighted by atomic mass is 32.2. The largest absolute Gasteiger partial charge is 0.393 e. The molecule has 4 fully saturated rings. The van der Waals surface area contributed by atoms with E-state index >= 15 is 0 Å². The van der Waals surface area contributed by atoms with Crippen molar-refractivity contribution in [3.8, 4) is 0 Å². The first kappa shape index (κ1) is 27.8. The fraction of sp³-hybridized carbons (Fsp3) is 0.697. The topological polar surface area (TPSA) is 101 Å². The van der Waals surface area contributed by atoms with E-state index in [1.165, 1.54) is 60.7 Å². The van der Waals surface area contributed by atoms with Crippen LogP contribution in [0.1, 0.15) is 101 Å². The second-order valence-corrected chi connectivity index (χ2v) is 15.1. The number of carbonyl (C=O) groups is 1. The third-order valence-corrected chi connectivity index (χ3v) is 13.0. The molecule has 7 nitrogen and oxygen atoms in total. The quantitative estimate of drug-likeness (QED) is 0.346. The van der Waals surface area contributed by atoms with E-state index in [-0.39, 0.29) is 34.7 Å². The zero-order valence-electron chi connectivity index (χ0n) is 24.7. The number of nitrogens with zero attached hydrogens (tertiary/aromatic N) is 4. The lowest BCUT2D eigenvalue weighted by atomic mass is 9.45. The number of fused-ring (bicyclic) bond motifs is 6. The molecule has 2 aromatic rings. The van der Waals surface area contributed by atoms with Gasteiger partial charge in [-0.15, -0.1) is 0 Å². The van der Waals surface area contributed by atoms with E-state index in [4.69, 9.17) is 5.10 Å². The average Bonchev–Trinajstić information content (AvgIpc) is 3.48. The van der Waals surface area contributed by atoms with Gasteiger partial charge >= 0.3 is 0 Å². The van der Waals surface area contributed by atoms with Crippen LogP contribution in [0.4, 0.5) is 0 Å². The number of aliphatic hydroxyl groups excluding tert-OH is 1. The summed E-state index contributed by atoms with van der Waals surface area (Å²) >= 11 is 1.30. The molecule has 4 saturated carbocycles. The van der Waals surface area contributed by atoms with E-state index in [1.807, 2.05) is 13.0 Å². The van der Waals surface area contributed by atoms with Crippen LogP contribution in [0.3, 0.4) is 0 Å². The zero-order valence-corrected chi connectivity index (χ0v) is 25.5. The molecule has 220 valence electrons. The highest BCUT2D eigenvalue weighted by Crippen LogP contribution is 2.67. The molecular weight excluding hydrogens is 532 g/mol. The van der Waals surface area contributed by atoms with Gasteiger partial charge in [-0.1, -0.05) is 50.4 Å². The molecule has 0 amide bonds. The molecule has 2 N–H and O–H groups in total. The lowest BCUT2D eigenvalue weighted by molar-refractivity contribution is -0.177. The van der Waals surface area contributed by atoms with Gasteiger partial charge in [-0.2, -0.15) is 5.10 Å².